The summed E-state index contributed by atoms with van der Waals surface area (Å²) in [7, 11) is 3.45. The molecule has 0 saturated heterocycles. The van der Waals surface area contributed by atoms with Crippen LogP contribution in [0.5, 0.6) is 0 Å². The van der Waals surface area contributed by atoms with Crippen LogP contribution < -0.4 is 0 Å². The molecule has 1 aliphatic rings. The molecular weight excluding hydrogens is 352 g/mol. The summed E-state index contributed by atoms with van der Waals surface area (Å²) < 4.78 is 5.26. The van der Waals surface area contributed by atoms with Crippen molar-refractivity contribution in [3.8, 4) is 0 Å². The molecule has 2 aromatic carbocycles. The fraction of sp³-hybridized carbons (Fsp3) is 0.391. The van der Waals surface area contributed by atoms with Gasteiger partial charge < -0.3 is 14.5 Å². The molecule has 0 bridgehead atoms. The third kappa shape index (κ3) is 3.67. The minimum atomic E-state index is -0.458. The third-order valence-electron chi connectivity index (χ3n) is 5.50. The van der Waals surface area contributed by atoms with Gasteiger partial charge >= 0.3 is 0 Å². The van der Waals surface area contributed by atoms with Gasteiger partial charge in [-0.2, -0.15) is 0 Å². The van der Waals surface area contributed by atoms with Crippen LogP contribution in [0.3, 0.4) is 0 Å². The average Bonchev–Trinajstić information content (AvgIpc) is 2.72. The first-order valence-corrected chi connectivity index (χ1v) is 9.67. The SMILES string of the molecule is COCCN1C(=O)c2ccccc2[C@H](C(=O)N(C)C(C)C)[C@@H]1c1ccccc1. The molecule has 1 heterocycles. The molecule has 5 heteroatoms. The highest BCUT2D eigenvalue weighted by atomic mass is 16.5. The second-order valence-corrected chi connectivity index (χ2v) is 7.45. The molecule has 148 valence electrons. The molecule has 28 heavy (non-hydrogen) atoms. The van der Waals surface area contributed by atoms with E-state index in [4.69, 9.17) is 4.74 Å². The lowest BCUT2D eigenvalue weighted by molar-refractivity contribution is -0.134. The van der Waals surface area contributed by atoms with Gasteiger partial charge in [-0.25, -0.2) is 0 Å². The van der Waals surface area contributed by atoms with Gasteiger partial charge in [0.05, 0.1) is 18.6 Å². The lowest BCUT2D eigenvalue weighted by atomic mass is 9.78. The molecule has 0 saturated carbocycles. The highest BCUT2D eigenvalue weighted by Gasteiger charge is 2.44. The Morgan fingerprint density at radius 3 is 2.39 bits per heavy atom. The van der Waals surface area contributed by atoms with E-state index < -0.39 is 5.92 Å². The zero-order chi connectivity index (χ0) is 20.3. The maximum atomic E-state index is 13.6. The van der Waals surface area contributed by atoms with Crippen molar-refractivity contribution in [1.82, 2.24) is 9.80 Å². The Morgan fingerprint density at radius 1 is 1.11 bits per heavy atom. The lowest BCUT2D eigenvalue weighted by Gasteiger charge is -2.43. The first kappa shape index (κ1) is 20.1. The summed E-state index contributed by atoms with van der Waals surface area (Å²) >= 11 is 0. The molecule has 0 aliphatic carbocycles. The number of carbonyl (C=O) groups is 2. The predicted molar refractivity (Wildman–Crippen MR) is 109 cm³/mol. The molecule has 0 N–H and O–H groups in total. The number of amides is 2. The molecule has 0 aromatic heterocycles. The van der Waals surface area contributed by atoms with Crippen molar-refractivity contribution in [2.24, 2.45) is 0 Å². The molecule has 0 fully saturated rings. The Labute approximate surface area is 166 Å². The van der Waals surface area contributed by atoms with Gasteiger partial charge in [-0.1, -0.05) is 48.5 Å². The van der Waals surface area contributed by atoms with Crippen LogP contribution in [0, 0.1) is 0 Å². The molecular formula is C23H28N2O3. The van der Waals surface area contributed by atoms with Crippen LogP contribution in [0.1, 0.15) is 47.3 Å². The van der Waals surface area contributed by atoms with Gasteiger partial charge in [0.25, 0.3) is 5.91 Å². The summed E-state index contributed by atoms with van der Waals surface area (Å²) in [5.41, 5.74) is 2.35. The summed E-state index contributed by atoms with van der Waals surface area (Å²) in [6.07, 6.45) is 0. The molecule has 2 amide bonds. The maximum Gasteiger partial charge on any atom is 0.254 e. The zero-order valence-electron chi connectivity index (χ0n) is 17.0. The second kappa shape index (κ2) is 8.57. The predicted octanol–water partition coefficient (Wildman–Crippen LogP) is 3.48. The fourth-order valence-electron chi connectivity index (χ4n) is 3.79. The van der Waals surface area contributed by atoms with Crippen LogP contribution in [-0.4, -0.2) is 55.0 Å². The van der Waals surface area contributed by atoms with Crippen LogP contribution in [-0.2, 0) is 9.53 Å². The van der Waals surface area contributed by atoms with Crippen molar-refractivity contribution in [3.05, 3.63) is 71.3 Å². The fourth-order valence-corrected chi connectivity index (χ4v) is 3.79. The van der Waals surface area contributed by atoms with E-state index in [1.165, 1.54) is 0 Å². The van der Waals surface area contributed by atoms with Crippen molar-refractivity contribution >= 4 is 11.8 Å². The Kier molecular flexibility index (Phi) is 6.15. The Balaban J connectivity index is 2.18. The number of hydrogen-bond acceptors (Lipinski definition) is 3. The highest BCUT2D eigenvalue weighted by Crippen LogP contribution is 2.43. The number of benzene rings is 2. The van der Waals surface area contributed by atoms with Crippen LogP contribution in [0.2, 0.25) is 0 Å². The lowest BCUT2D eigenvalue weighted by Crippen LogP contribution is -2.49. The maximum absolute atomic E-state index is 13.6. The van der Waals surface area contributed by atoms with Gasteiger partial charge in [0.15, 0.2) is 0 Å². The Morgan fingerprint density at radius 2 is 1.75 bits per heavy atom. The quantitative estimate of drug-likeness (QED) is 0.771. The van der Waals surface area contributed by atoms with E-state index in [9.17, 15) is 9.59 Å². The zero-order valence-corrected chi connectivity index (χ0v) is 17.0. The van der Waals surface area contributed by atoms with E-state index in [0.29, 0.717) is 18.7 Å². The minimum absolute atomic E-state index is 0.0196. The molecule has 2 atom stereocenters. The summed E-state index contributed by atoms with van der Waals surface area (Å²) in [5.74, 6) is -0.496. The standard InChI is InChI=1S/C23H28N2O3/c1-16(2)24(3)23(27)20-18-12-8-9-13-19(18)22(26)25(14-15-28-4)21(20)17-10-6-5-7-11-17/h5-13,16,20-21H,14-15H2,1-4H3/t20-,21-/m0/s1. The monoisotopic (exact) mass is 380 g/mol. The number of methoxy groups -OCH3 is 1. The Bertz CT molecular complexity index is 835. The molecule has 0 spiro atoms. The summed E-state index contributed by atoms with van der Waals surface area (Å²) in [6, 6.07) is 17.0. The van der Waals surface area contributed by atoms with Crippen molar-refractivity contribution in [2.45, 2.75) is 31.8 Å². The average molecular weight is 380 g/mol. The number of ether oxygens (including phenoxy) is 1. The Hall–Kier alpha value is -2.66. The number of fused-ring (bicyclic) bond motifs is 1. The number of carbonyl (C=O) groups excluding carboxylic acids is 2. The molecule has 1 aliphatic heterocycles. The summed E-state index contributed by atoms with van der Waals surface area (Å²) in [4.78, 5) is 30.4. The first-order valence-electron chi connectivity index (χ1n) is 9.67. The molecule has 3 rings (SSSR count). The smallest absolute Gasteiger partial charge is 0.254 e. The van der Waals surface area contributed by atoms with Gasteiger partial charge in [0, 0.05) is 32.3 Å². The molecule has 2 aromatic rings. The van der Waals surface area contributed by atoms with Gasteiger partial charge in [-0.15, -0.1) is 0 Å². The van der Waals surface area contributed by atoms with Crippen LogP contribution in [0.4, 0.5) is 0 Å². The highest BCUT2D eigenvalue weighted by molar-refractivity contribution is 6.01. The number of hydrogen-bond donors (Lipinski definition) is 0. The number of nitrogens with zero attached hydrogens (tertiary/aromatic N) is 2. The second-order valence-electron chi connectivity index (χ2n) is 7.45. The van der Waals surface area contributed by atoms with Gasteiger partial charge in [0.2, 0.25) is 5.91 Å². The van der Waals surface area contributed by atoms with E-state index >= 15 is 0 Å². The van der Waals surface area contributed by atoms with Crippen molar-refractivity contribution in [1.29, 1.82) is 0 Å². The van der Waals surface area contributed by atoms with Gasteiger partial charge in [-0.3, -0.25) is 9.59 Å². The van der Waals surface area contributed by atoms with Crippen molar-refractivity contribution < 1.29 is 14.3 Å². The van der Waals surface area contributed by atoms with E-state index in [-0.39, 0.29) is 23.9 Å². The van der Waals surface area contributed by atoms with E-state index in [0.717, 1.165) is 11.1 Å². The normalized spacial score (nSPS) is 18.9. The molecule has 0 radical (unpaired) electrons. The van der Waals surface area contributed by atoms with Crippen molar-refractivity contribution in [2.75, 3.05) is 27.3 Å². The minimum Gasteiger partial charge on any atom is -0.383 e. The van der Waals surface area contributed by atoms with Gasteiger partial charge in [-0.05, 0) is 31.0 Å². The number of likely N-dealkylation sites (N-methyl/N-ethyl adjacent to an activating group) is 1. The van der Waals surface area contributed by atoms with Crippen LogP contribution >= 0.6 is 0 Å². The van der Waals surface area contributed by atoms with Gasteiger partial charge in [0.1, 0.15) is 0 Å². The topological polar surface area (TPSA) is 49.9 Å². The third-order valence-corrected chi connectivity index (χ3v) is 5.50. The van der Waals surface area contributed by atoms with E-state index in [1.807, 2.05) is 75.5 Å². The van der Waals surface area contributed by atoms with Crippen molar-refractivity contribution in [3.63, 3.8) is 0 Å². The number of rotatable bonds is 6. The van der Waals surface area contributed by atoms with E-state index in [2.05, 4.69) is 0 Å². The molecule has 5 nitrogen and oxygen atoms in total. The largest absolute Gasteiger partial charge is 0.383 e. The first-order chi connectivity index (χ1) is 13.5. The van der Waals surface area contributed by atoms with E-state index in [1.54, 1.807) is 16.9 Å². The molecule has 0 unspecified atom stereocenters. The summed E-state index contributed by atoms with van der Waals surface area (Å²) in [6.45, 7) is 4.84. The van der Waals surface area contributed by atoms with Crippen LogP contribution in [0.15, 0.2) is 54.6 Å². The summed E-state index contributed by atoms with van der Waals surface area (Å²) in [5, 5.41) is 0. The van der Waals surface area contributed by atoms with Crippen LogP contribution in [0.25, 0.3) is 0 Å².